The molecule has 0 heterocycles. The monoisotopic (exact) mass is 230 g/mol. The van der Waals surface area contributed by atoms with Gasteiger partial charge in [-0.2, -0.15) is 0 Å². The highest BCUT2D eigenvalue weighted by Gasteiger charge is 2.00. The van der Waals surface area contributed by atoms with Gasteiger partial charge in [0.2, 0.25) is 0 Å². The van der Waals surface area contributed by atoms with Gasteiger partial charge in [0.25, 0.3) is 0 Å². The quantitative estimate of drug-likeness (QED) is 0.730. The molecule has 0 fully saturated rings. The van der Waals surface area contributed by atoms with Crippen LogP contribution >= 0.6 is 0 Å². The molecule has 4 nitrogen and oxygen atoms in total. The second-order valence-electron chi connectivity index (χ2n) is 2.49. The number of allylic oxidation sites excluding steroid dienone is 1. The van der Waals surface area contributed by atoms with Gasteiger partial charge >= 0.3 is 11.9 Å². The minimum Gasteiger partial charge on any atom is -0.481 e. The number of rotatable bonds is 3. The van der Waals surface area contributed by atoms with Crippen LogP contribution in [0.15, 0.2) is 38.5 Å². The molecule has 0 aliphatic heterocycles. The van der Waals surface area contributed by atoms with Gasteiger partial charge in [-0.25, -0.2) is 0 Å². The Hall–Kier alpha value is -1.84. The van der Waals surface area contributed by atoms with Gasteiger partial charge in [-0.05, 0) is 13.8 Å². The van der Waals surface area contributed by atoms with E-state index < -0.39 is 11.9 Å². The molecule has 0 aromatic carbocycles. The van der Waals surface area contributed by atoms with Gasteiger partial charge in [0, 0.05) is 0 Å². The average Bonchev–Trinajstić information content (AvgIpc) is 2.20. The van der Waals surface area contributed by atoms with Crippen molar-refractivity contribution < 1.29 is 19.8 Å². The van der Waals surface area contributed by atoms with Gasteiger partial charge in [0.05, 0.1) is 12.8 Å². The van der Waals surface area contributed by atoms with Crippen LogP contribution in [0.5, 0.6) is 0 Å². The molecule has 0 aromatic rings. The molecule has 2 N–H and O–H groups in total. The summed E-state index contributed by atoms with van der Waals surface area (Å²) in [4.78, 5) is 19.3. The summed E-state index contributed by atoms with van der Waals surface area (Å²) in [5.74, 6) is -2.15. The lowest BCUT2D eigenvalue weighted by Gasteiger charge is -1.85. The summed E-state index contributed by atoms with van der Waals surface area (Å²) < 4.78 is 0. The van der Waals surface area contributed by atoms with Gasteiger partial charge in [0.1, 0.15) is 0 Å². The second kappa shape index (κ2) is 23.2. The normalized spacial score (nSPS) is 6.38. The third-order valence-corrected chi connectivity index (χ3v) is 0.553. The van der Waals surface area contributed by atoms with E-state index in [1.165, 1.54) is 5.57 Å². The number of hydrogen-bond donors (Lipinski definition) is 2. The molecule has 16 heavy (non-hydrogen) atoms. The van der Waals surface area contributed by atoms with Crippen LogP contribution in [0.25, 0.3) is 0 Å². The van der Waals surface area contributed by atoms with Crippen LogP contribution in [-0.4, -0.2) is 22.2 Å². The lowest BCUT2D eigenvalue weighted by Crippen LogP contribution is -2.00. The minimum absolute atomic E-state index is 0.296. The van der Waals surface area contributed by atoms with Crippen LogP contribution in [0.4, 0.5) is 0 Å². The van der Waals surface area contributed by atoms with Crippen molar-refractivity contribution >= 4 is 11.9 Å². The maximum Gasteiger partial charge on any atom is 0.303 e. The summed E-state index contributed by atoms with van der Waals surface area (Å²) in [6, 6.07) is 0. The van der Waals surface area contributed by atoms with E-state index >= 15 is 0 Å². The summed E-state index contributed by atoms with van der Waals surface area (Å²) >= 11 is 0. The molecule has 4 heteroatoms. The molecule has 0 saturated carbocycles. The van der Waals surface area contributed by atoms with Crippen LogP contribution in [-0.2, 0) is 9.59 Å². The zero-order chi connectivity index (χ0) is 14.1. The number of aliphatic carboxylic acids is 2. The number of carbonyl (C=O) groups is 2. The highest BCUT2D eigenvalue weighted by molar-refractivity contribution is 5.75. The zero-order valence-corrected chi connectivity index (χ0v) is 10.2. The van der Waals surface area contributed by atoms with Gasteiger partial charge in [-0.3, -0.25) is 9.59 Å². The van der Waals surface area contributed by atoms with E-state index in [4.69, 9.17) is 10.2 Å². The number of carboxylic acids is 2. The predicted octanol–water partition coefficient (Wildman–Crippen LogP) is 3.12. The first-order valence-electron chi connectivity index (χ1n) is 4.42. The predicted molar refractivity (Wildman–Crippen MR) is 67.5 cm³/mol. The maximum atomic E-state index is 9.64. The van der Waals surface area contributed by atoms with E-state index in [9.17, 15) is 9.59 Å². The first-order chi connectivity index (χ1) is 7.36. The molecule has 0 atom stereocenters. The molecule has 0 bridgehead atoms. The lowest BCUT2D eigenvalue weighted by atomic mass is 10.3. The van der Waals surface area contributed by atoms with Crippen LogP contribution in [0.2, 0.25) is 0 Å². The Labute approximate surface area is 97.6 Å². The Balaban J connectivity index is -0.0000000761. The van der Waals surface area contributed by atoms with Crippen molar-refractivity contribution in [3.8, 4) is 0 Å². The van der Waals surface area contributed by atoms with Gasteiger partial charge in [0.15, 0.2) is 0 Å². The average molecular weight is 230 g/mol. The Morgan fingerprint density at radius 1 is 0.875 bits per heavy atom. The highest BCUT2D eigenvalue weighted by Crippen LogP contribution is 1.86. The number of carboxylic acid groups (broad SMARTS) is 2. The molecule has 0 unspecified atom stereocenters. The van der Waals surface area contributed by atoms with Gasteiger partial charge < -0.3 is 10.2 Å². The Morgan fingerprint density at radius 3 is 1.06 bits per heavy atom. The van der Waals surface area contributed by atoms with Crippen LogP contribution < -0.4 is 0 Å². The van der Waals surface area contributed by atoms with Crippen LogP contribution in [0.1, 0.15) is 26.7 Å². The molecule has 0 rings (SSSR count). The zero-order valence-electron chi connectivity index (χ0n) is 10.2. The largest absolute Gasteiger partial charge is 0.481 e. The minimum atomic E-state index is -1.08. The molecule has 0 amide bonds. The van der Waals surface area contributed by atoms with E-state index in [0.29, 0.717) is 0 Å². The lowest BCUT2D eigenvalue weighted by molar-refractivity contribution is -0.143. The van der Waals surface area contributed by atoms with Crippen molar-refractivity contribution in [2.45, 2.75) is 26.7 Å². The highest BCUT2D eigenvalue weighted by atomic mass is 16.4. The summed E-state index contributed by atoms with van der Waals surface area (Å²) in [5.41, 5.74) is 1.17. The molecule has 94 valence electrons. The van der Waals surface area contributed by atoms with E-state index in [-0.39, 0.29) is 12.8 Å². The van der Waals surface area contributed by atoms with E-state index in [1.807, 2.05) is 13.8 Å². The van der Waals surface area contributed by atoms with Crippen molar-refractivity contribution in [1.82, 2.24) is 0 Å². The molecule has 0 aliphatic carbocycles. The molecule has 0 saturated heterocycles. The van der Waals surface area contributed by atoms with Crippen LogP contribution in [0, 0.1) is 0 Å². The van der Waals surface area contributed by atoms with Crippen molar-refractivity contribution in [3.63, 3.8) is 0 Å². The van der Waals surface area contributed by atoms with Gasteiger partial charge in [-0.1, -0.05) is 5.57 Å². The Morgan fingerprint density at radius 2 is 1.00 bits per heavy atom. The summed E-state index contributed by atoms with van der Waals surface area (Å²) in [6.45, 7) is 19.5. The summed E-state index contributed by atoms with van der Waals surface area (Å²) in [7, 11) is 0. The fraction of sp³-hybridized carbons (Fsp3) is 0.333. The summed E-state index contributed by atoms with van der Waals surface area (Å²) in [6.07, 6.45) is -0.593. The second-order valence-corrected chi connectivity index (χ2v) is 2.49. The third kappa shape index (κ3) is 152. The van der Waals surface area contributed by atoms with Crippen molar-refractivity contribution in [3.05, 3.63) is 38.5 Å². The summed E-state index contributed by atoms with van der Waals surface area (Å²) in [5, 5.41) is 15.8. The smallest absolute Gasteiger partial charge is 0.303 e. The Kier molecular flexibility index (Phi) is 34.4. The molecule has 0 spiro atoms. The maximum absolute atomic E-state index is 9.64. The number of hydrogen-bond acceptors (Lipinski definition) is 2. The molecular formula is C12H22O4. The van der Waals surface area contributed by atoms with E-state index in [2.05, 4.69) is 32.9 Å². The van der Waals surface area contributed by atoms with Crippen molar-refractivity contribution in [2.75, 3.05) is 0 Å². The molecular weight excluding hydrogens is 208 g/mol. The standard InChI is InChI=1S/C4H6O4.C4H8.2C2H4/c5-3(6)1-2-4(7)8;1-4(2)3;2*1-2/h1-2H2,(H,5,6)(H,7,8);1H2,2-3H3;2*1-2H2. The topological polar surface area (TPSA) is 74.6 Å². The van der Waals surface area contributed by atoms with E-state index in [0.717, 1.165) is 0 Å². The molecule has 0 aromatic heterocycles. The van der Waals surface area contributed by atoms with Crippen LogP contribution in [0.3, 0.4) is 0 Å². The first-order valence-corrected chi connectivity index (χ1v) is 4.42. The fourth-order valence-electron chi connectivity index (χ4n) is 0.214. The Bertz CT molecular complexity index is 177. The molecule has 0 aliphatic rings. The third-order valence-electron chi connectivity index (χ3n) is 0.553. The molecule has 0 radical (unpaired) electrons. The van der Waals surface area contributed by atoms with Gasteiger partial charge in [-0.15, -0.1) is 32.9 Å². The first kappa shape index (κ1) is 23.8. The van der Waals surface area contributed by atoms with E-state index in [1.54, 1.807) is 0 Å². The fourth-order valence-corrected chi connectivity index (χ4v) is 0.214. The SMILES string of the molecule is C=C.C=C.C=C(C)C.O=C(O)CCC(=O)O. The van der Waals surface area contributed by atoms with Crippen molar-refractivity contribution in [1.29, 1.82) is 0 Å². The van der Waals surface area contributed by atoms with Crippen molar-refractivity contribution in [2.24, 2.45) is 0 Å².